The molecular formula is C10H12ClN5. The van der Waals surface area contributed by atoms with E-state index in [1.165, 1.54) is 0 Å². The number of aromatic nitrogens is 3. The van der Waals surface area contributed by atoms with E-state index in [1.54, 1.807) is 21.7 Å². The van der Waals surface area contributed by atoms with Crippen LogP contribution in [0.3, 0.4) is 0 Å². The molecule has 0 spiro atoms. The Morgan fingerprint density at radius 3 is 2.69 bits per heavy atom. The largest absolute Gasteiger partial charge is 0.368 e. The molecule has 0 aliphatic carbocycles. The second-order valence-corrected chi connectivity index (χ2v) is 3.99. The third-order valence-corrected chi connectivity index (χ3v) is 2.31. The van der Waals surface area contributed by atoms with Crippen molar-refractivity contribution in [1.29, 1.82) is 0 Å². The van der Waals surface area contributed by atoms with Crippen molar-refractivity contribution in [2.24, 2.45) is 0 Å². The van der Waals surface area contributed by atoms with Crippen molar-refractivity contribution in [2.75, 3.05) is 24.7 Å². The van der Waals surface area contributed by atoms with E-state index >= 15 is 0 Å². The van der Waals surface area contributed by atoms with Gasteiger partial charge in [0, 0.05) is 19.1 Å². The van der Waals surface area contributed by atoms with Gasteiger partial charge in [-0.25, -0.2) is 0 Å². The summed E-state index contributed by atoms with van der Waals surface area (Å²) >= 11 is 5.90. The van der Waals surface area contributed by atoms with Crippen LogP contribution in [0.1, 0.15) is 0 Å². The normalized spacial score (nSPS) is 10.4. The van der Waals surface area contributed by atoms with Crippen LogP contribution >= 0.6 is 11.6 Å². The molecule has 0 amide bonds. The molecule has 84 valence electrons. The van der Waals surface area contributed by atoms with E-state index < -0.39 is 0 Å². The summed E-state index contributed by atoms with van der Waals surface area (Å²) < 4.78 is 1.56. The number of hydrogen-bond donors (Lipinski definition) is 1. The smallest absolute Gasteiger partial charge is 0.246 e. The molecule has 0 saturated heterocycles. The van der Waals surface area contributed by atoms with Crippen LogP contribution in [0.25, 0.3) is 5.69 Å². The Morgan fingerprint density at radius 2 is 2.12 bits per heavy atom. The Morgan fingerprint density at radius 1 is 1.38 bits per heavy atom. The van der Waals surface area contributed by atoms with Crippen molar-refractivity contribution in [2.45, 2.75) is 0 Å². The molecule has 1 aromatic carbocycles. The number of rotatable bonds is 2. The maximum atomic E-state index is 5.90. The van der Waals surface area contributed by atoms with Gasteiger partial charge in [0.15, 0.2) is 0 Å². The molecule has 0 radical (unpaired) electrons. The van der Waals surface area contributed by atoms with Gasteiger partial charge in [0.05, 0.1) is 5.69 Å². The fourth-order valence-corrected chi connectivity index (χ4v) is 1.48. The maximum absolute atomic E-state index is 5.90. The first-order valence-corrected chi connectivity index (χ1v) is 5.11. The average molecular weight is 238 g/mol. The van der Waals surface area contributed by atoms with Crippen LogP contribution in [0.2, 0.25) is 5.02 Å². The molecule has 5 nitrogen and oxygen atoms in total. The van der Waals surface area contributed by atoms with Gasteiger partial charge in [-0.3, -0.25) is 0 Å². The fraction of sp³-hybridized carbons (Fsp3) is 0.200. The van der Waals surface area contributed by atoms with E-state index in [0.717, 1.165) is 5.69 Å². The van der Waals surface area contributed by atoms with Crippen molar-refractivity contribution < 1.29 is 0 Å². The predicted molar refractivity (Wildman–Crippen MR) is 65.1 cm³/mol. The molecule has 0 saturated carbocycles. The first kappa shape index (κ1) is 10.8. The molecule has 2 aromatic rings. The van der Waals surface area contributed by atoms with Gasteiger partial charge in [-0.05, 0) is 18.2 Å². The maximum Gasteiger partial charge on any atom is 0.246 e. The lowest BCUT2D eigenvalue weighted by Gasteiger charge is -2.04. The number of halogens is 1. The number of nitrogens with zero attached hydrogens (tertiary/aromatic N) is 4. The van der Waals surface area contributed by atoms with Crippen LogP contribution in [-0.4, -0.2) is 28.9 Å². The predicted octanol–water partition coefficient (Wildman–Crippen LogP) is 1.57. The Labute approximate surface area is 98.4 Å². The highest BCUT2D eigenvalue weighted by Crippen LogP contribution is 2.18. The number of nitrogens with two attached hydrogens (primary N) is 1. The van der Waals surface area contributed by atoms with Crippen LogP contribution in [-0.2, 0) is 0 Å². The number of benzene rings is 1. The first-order valence-electron chi connectivity index (χ1n) is 4.74. The van der Waals surface area contributed by atoms with Gasteiger partial charge in [-0.1, -0.05) is 17.7 Å². The minimum atomic E-state index is 0.339. The van der Waals surface area contributed by atoms with Crippen LogP contribution in [0.15, 0.2) is 24.3 Å². The molecule has 1 heterocycles. The summed E-state index contributed by atoms with van der Waals surface area (Å²) in [6.07, 6.45) is 0. The molecule has 2 rings (SSSR count). The molecule has 0 bridgehead atoms. The van der Waals surface area contributed by atoms with Crippen molar-refractivity contribution in [3.05, 3.63) is 29.3 Å². The standard InChI is InChI=1S/C10H12ClN5/c1-15(2)10-13-9(12)16(14-10)8-5-3-4-7(11)6-8/h3-6H,1-2H3,(H2,12,13,14). The Kier molecular flexibility index (Phi) is 2.70. The Hall–Kier alpha value is -1.75. The van der Waals surface area contributed by atoms with E-state index in [9.17, 15) is 0 Å². The lowest BCUT2D eigenvalue weighted by molar-refractivity contribution is 0.875. The highest BCUT2D eigenvalue weighted by atomic mass is 35.5. The lowest BCUT2D eigenvalue weighted by Crippen LogP contribution is -2.10. The van der Waals surface area contributed by atoms with Gasteiger partial charge in [0.25, 0.3) is 0 Å². The van der Waals surface area contributed by atoms with E-state index in [2.05, 4.69) is 10.1 Å². The van der Waals surface area contributed by atoms with Gasteiger partial charge >= 0.3 is 0 Å². The molecule has 0 aliphatic rings. The zero-order valence-corrected chi connectivity index (χ0v) is 9.81. The molecule has 0 fully saturated rings. The molecule has 1 aromatic heterocycles. The van der Waals surface area contributed by atoms with Crippen molar-refractivity contribution >= 4 is 23.5 Å². The van der Waals surface area contributed by atoms with Gasteiger partial charge in [-0.15, -0.1) is 5.10 Å². The highest BCUT2D eigenvalue weighted by molar-refractivity contribution is 6.30. The average Bonchev–Trinajstić information content (AvgIpc) is 2.60. The summed E-state index contributed by atoms with van der Waals surface area (Å²) in [6, 6.07) is 7.29. The van der Waals surface area contributed by atoms with Crippen molar-refractivity contribution in [3.63, 3.8) is 0 Å². The molecule has 0 unspecified atom stereocenters. The van der Waals surface area contributed by atoms with Gasteiger partial charge in [0.1, 0.15) is 0 Å². The summed E-state index contributed by atoms with van der Waals surface area (Å²) in [5, 5.41) is 4.91. The summed E-state index contributed by atoms with van der Waals surface area (Å²) in [5.74, 6) is 0.906. The van der Waals surface area contributed by atoms with Gasteiger partial charge < -0.3 is 10.6 Å². The third-order valence-electron chi connectivity index (χ3n) is 2.07. The summed E-state index contributed by atoms with van der Waals surface area (Å²) in [4.78, 5) is 5.92. The summed E-state index contributed by atoms with van der Waals surface area (Å²) in [6.45, 7) is 0. The first-order chi connectivity index (χ1) is 7.58. The molecule has 16 heavy (non-hydrogen) atoms. The molecule has 0 atom stereocenters. The van der Waals surface area contributed by atoms with Crippen molar-refractivity contribution in [1.82, 2.24) is 14.8 Å². The van der Waals surface area contributed by atoms with Gasteiger partial charge in [0.2, 0.25) is 11.9 Å². The third kappa shape index (κ3) is 1.94. The number of nitrogen functional groups attached to an aromatic ring is 1. The summed E-state index contributed by atoms with van der Waals surface area (Å²) in [5.41, 5.74) is 6.58. The number of anilines is 2. The monoisotopic (exact) mass is 237 g/mol. The fourth-order valence-electron chi connectivity index (χ4n) is 1.30. The minimum Gasteiger partial charge on any atom is -0.368 e. The SMILES string of the molecule is CN(C)c1nc(N)n(-c2cccc(Cl)c2)n1. The van der Waals surface area contributed by atoms with Crippen LogP contribution < -0.4 is 10.6 Å². The molecule has 2 N–H and O–H groups in total. The Balaban J connectivity index is 2.48. The van der Waals surface area contributed by atoms with E-state index in [4.69, 9.17) is 17.3 Å². The van der Waals surface area contributed by atoms with E-state index in [0.29, 0.717) is 16.9 Å². The zero-order valence-electron chi connectivity index (χ0n) is 9.05. The quantitative estimate of drug-likeness (QED) is 0.861. The molecular weight excluding hydrogens is 226 g/mol. The highest BCUT2D eigenvalue weighted by Gasteiger charge is 2.09. The van der Waals surface area contributed by atoms with Crippen LogP contribution in [0, 0.1) is 0 Å². The van der Waals surface area contributed by atoms with Crippen LogP contribution in [0.4, 0.5) is 11.9 Å². The molecule has 6 heteroatoms. The number of hydrogen-bond acceptors (Lipinski definition) is 4. The topological polar surface area (TPSA) is 60.0 Å². The van der Waals surface area contributed by atoms with E-state index in [-0.39, 0.29) is 0 Å². The van der Waals surface area contributed by atoms with Crippen molar-refractivity contribution in [3.8, 4) is 5.69 Å². The van der Waals surface area contributed by atoms with Gasteiger partial charge in [-0.2, -0.15) is 9.67 Å². The Bertz CT molecular complexity index is 506. The lowest BCUT2D eigenvalue weighted by atomic mass is 10.3. The second kappa shape index (κ2) is 4.02. The van der Waals surface area contributed by atoms with E-state index in [1.807, 2.05) is 26.2 Å². The minimum absolute atomic E-state index is 0.339. The summed E-state index contributed by atoms with van der Waals surface area (Å²) in [7, 11) is 3.72. The second-order valence-electron chi connectivity index (χ2n) is 3.56. The molecule has 0 aliphatic heterocycles. The van der Waals surface area contributed by atoms with Crippen LogP contribution in [0.5, 0.6) is 0 Å². The zero-order chi connectivity index (χ0) is 11.7.